The van der Waals surface area contributed by atoms with Crippen molar-refractivity contribution in [1.82, 2.24) is 9.78 Å². The van der Waals surface area contributed by atoms with Crippen molar-refractivity contribution in [3.8, 4) is 5.75 Å². The van der Waals surface area contributed by atoms with Gasteiger partial charge in [-0.25, -0.2) is 4.68 Å². The molecule has 0 atom stereocenters. The SMILES string of the molecule is CCNc1cnn(Cc2cc(Br)cc3c2OCC3)c(=O)c1. The van der Waals surface area contributed by atoms with Crippen LogP contribution >= 0.6 is 15.9 Å². The van der Waals surface area contributed by atoms with E-state index in [-0.39, 0.29) is 5.56 Å². The molecule has 21 heavy (non-hydrogen) atoms. The molecule has 1 aliphatic rings. The molecule has 2 aromatic rings. The number of anilines is 1. The summed E-state index contributed by atoms with van der Waals surface area (Å²) in [6.45, 7) is 3.85. The number of rotatable bonds is 4. The Balaban J connectivity index is 1.93. The Morgan fingerprint density at radius 3 is 3.05 bits per heavy atom. The van der Waals surface area contributed by atoms with Crippen LogP contribution in [0.3, 0.4) is 0 Å². The Kier molecular flexibility index (Phi) is 3.96. The van der Waals surface area contributed by atoms with Crippen molar-refractivity contribution in [3.05, 3.63) is 50.3 Å². The van der Waals surface area contributed by atoms with Crippen LogP contribution in [0.25, 0.3) is 0 Å². The number of hydrogen-bond donors (Lipinski definition) is 1. The standard InChI is InChI=1S/C15H16BrN3O2/c1-2-17-13-7-14(20)19(18-8-13)9-11-6-12(16)5-10-3-4-21-15(10)11/h5-8,17H,2-4,9H2,1H3. The van der Waals surface area contributed by atoms with E-state index in [1.54, 1.807) is 12.3 Å². The van der Waals surface area contributed by atoms with Crippen molar-refractivity contribution in [2.75, 3.05) is 18.5 Å². The number of nitrogens with one attached hydrogen (secondary N) is 1. The molecule has 0 aliphatic carbocycles. The maximum Gasteiger partial charge on any atom is 0.269 e. The molecule has 3 rings (SSSR count). The highest BCUT2D eigenvalue weighted by Gasteiger charge is 2.18. The summed E-state index contributed by atoms with van der Waals surface area (Å²) in [5.74, 6) is 0.891. The summed E-state index contributed by atoms with van der Waals surface area (Å²) in [7, 11) is 0. The minimum Gasteiger partial charge on any atom is -0.493 e. The van der Waals surface area contributed by atoms with Crippen LogP contribution in [-0.4, -0.2) is 22.9 Å². The summed E-state index contributed by atoms with van der Waals surface area (Å²) < 4.78 is 8.13. The van der Waals surface area contributed by atoms with Gasteiger partial charge in [-0.05, 0) is 24.6 Å². The van der Waals surface area contributed by atoms with Gasteiger partial charge in [0.05, 0.1) is 25.0 Å². The van der Waals surface area contributed by atoms with E-state index in [9.17, 15) is 4.79 Å². The van der Waals surface area contributed by atoms with Gasteiger partial charge in [-0.2, -0.15) is 5.10 Å². The molecular formula is C15H16BrN3O2. The smallest absolute Gasteiger partial charge is 0.269 e. The van der Waals surface area contributed by atoms with Gasteiger partial charge in [-0.15, -0.1) is 0 Å². The van der Waals surface area contributed by atoms with Crippen molar-refractivity contribution in [2.24, 2.45) is 0 Å². The van der Waals surface area contributed by atoms with Crippen molar-refractivity contribution < 1.29 is 4.74 Å². The highest BCUT2D eigenvalue weighted by molar-refractivity contribution is 9.10. The van der Waals surface area contributed by atoms with Gasteiger partial charge in [-0.3, -0.25) is 4.79 Å². The van der Waals surface area contributed by atoms with Crippen molar-refractivity contribution >= 4 is 21.6 Å². The molecule has 0 radical (unpaired) electrons. The van der Waals surface area contributed by atoms with E-state index in [4.69, 9.17) is 4.74 Å². The number of nitrogens with zero attached hydrogens (tertiary/aromatic N) is 2. The number of benzene rings is 1. The first-order valence-electron chi connectivity index (χ1n) is 6.92. The summed E-state index contributed by atoms with van der Waals surface area (Å²) in [4.78, 5) is 12.1. The van der Waals surface area contributed by atoms with Crippen molar-refractivity contribution in [2.45, 2.75) is 19.9 Å². The Hall–Kier alpha value is -1.82. The van der Waals surface area contributed by atoms with Crippen molar-refractivity contribution in [3.63, 3.8) is 0 Å². The van der Waals surface area contributed by atoms with Crippen LogP contribution in [0, 0.1) is 0 Å². The lowest BCUT2D eigenvalue weighted by Gasteiger charge is -2.11. The lowest BCUT2D eigenvalue weighted by Crippen LogP contribution is -2.23. The van der Waals surface area contributed by atoms with E-state index in [1.807, 2.05) is 13.0 Å². The van der Waals surface area contributed by atoms with Gasteiger partial charge >= 0.3 is 0 Å². The van der Waals surface area contributed by atoms with Crippen LogP contribution in [0.5, 0.6) is 5.75 Å². The fraction of sp³-hybridized carbons (Fsp3) is 0.333. The summed E-state index contributed by atoms with van der Waals surface area (Å²) in [5.41, 5.74) is 2.77. The number of hydrogen-bond acceptors (Lipinski definition) is 4. The molecule has 1 aromatic heterocycles. The molecule has 0 saturated heterocycles. The number of fused-ring (bicyclic) bond motifs is 1. The third-order valence-electron chi connectivity index (χ3n) is 3.40. The molecule has 0 unspecified atom stereocenters. The zero-order valence-corrected chi connectivity index (χ0v) is 13.3. The molecule has 0 bridgehead atoms. The second-order valence-corrected chi connectivity index (χ2v) is 5.84. The number of ether oxygens (including phenoxy) is 1. The average molecular weight is 350 g/mol. The van der Waals surface area contributed by atoms with Crippen LogP contribution in [0.2, 0.25) is 0 Å². The van der Waals surface area contributed by atoms with Crippen LogP contribution in [-0.2, 0) is 13.0 Å². The minimum absolute atomic E-state index is 0.125. The minimum atomic E-state index is -0.125. The first-order chi connectivity index (χ1) is 10.2. The first-order valence-corrected chi connectivity index (χ1v) is 7.72. The topological polar surface area (TPSA) is 56.1 Å². The van der Waals surface area contributed by atoms with E-state index >= 15 is 0 Å². The van der Waals surface area contributed by atoms with E-state index in [1.165, 1.54) is 10.2 Å². The van der Waals surface area contributed by atoms with Gasteiger partial charge in [0.15, 0.2) is 0 Å². The van der Waals surface area contributed by atoms with Crippen LogP contribution in [0.1, 0.15) is 18.1 Å². The Labute approximate surface area is 131 Å². The second-order valence-electron chi connectivity index (χ2n) is 4.92. The van der Waals surface area contributed by atoms with E-state index in [0.29, 0.717) is 13.2 Å². The monoisotopic (exact) mass is 349 g/mol. The molecule has 0 saturated carbocycles. The summed E-state index contributed by atoms with van der Waals surface area (Å²) in [6.07, 6.45) is 2.58. The predicted octanol–water partition coefficient (Wildman–Crippen LogP) is 2.42. The van der Waals surface area contributed by atoms with Crippen LogP contribution in [0.15, 0.2) is 33.7 Å². The molecule has 0 spiro atoms. The molecule has 0 amide bonds. The fourth-order valence-corrected chi connectivity index (χ4v) is 3.03. The molecule has 2 heterocycles. The third kappa shape index (κ3) is 2.95. The van der Waals surface area contributed by atoms with Gasteiger partial charge in [-0.1, -0.05) is 15.9 Å². The Morgan fingerprint density at radius 1 is 1.43 bits per heavy atom. The summed E-state index contributed by atoms with van der Waals surface area (Å²) in [5, 5.41) is 7.30. The highest BCUT2D eigenvalue weighted by atomic mass is 79.9. The highest BCUT2D eigenvalue weighted by Crippen LogP contribution is 2.33. The zero-order valence-electron chi connectivity index (χ0n) is 11.7. The van der Waals surface area contributed by atoms with Gasteiger partial charge in [0.25, 0.3) is 5.56 Å². The average Bonchev–Trinajstić information content (AvgIpc) is 2.90. The normalized spacial score (nSPS) is 12.9. The predicted molar refractivity (Wildman–Crippen MR) is 85.1 cm³/mol. The number of halogens is 1. The maximum atomic E-state index is 12.1. The van der Waals surface area contributed by atoms with E-state index < -0.39 is 0 Å². The molecule has 1 aromatic carbocycles. The lowest BCUT2D eigenvalue weighted by atomic mass is 10.1. The van der Waals surface area contributed by atoms with Gasteiger partial charge in [0, 0.05) is 29.1 Å². The summed E-state index contributed by atoms with van der Waals surface area (Å²) in [6, 6.07) is 5.61. The van der Waals surface area contributed by atoms with Crippen LogP contribution < -0.4 is 15.6 Å². The Morgan fingerprint density at radius 2 is 2.29 bits per heavy atom. The lowest BCUT2D eigenvalue weighted by molar-refractivity contribution is 0.352. The molecule has 1 aliphatic heterocycles. The zero-order chi connectivity index (χ0) is 14.8. The number of aromatic nitrogens is 2. The van der Waals surface area contributed by atoms with E-state index in [2.05, 4.69) is 32.4 Å². The van der Waals surface area contributed by atoms with Gasteiger partial charge in [0.1, 0.15) is 5.75 Å². The molecular weight excluding hydrogens is 334 g/mol. The third-order valence-corrected chi connectivity index (χ3v) is 3.85. The van der Waals surface area contributed by atoms with Gasteiger partial charge in [0.2, 0.25) is 0 Å². The fourth-order valence-electron chi connectivity index (χ4n) is 2.48. The molecule has 110 valence electrons. The quantitative estimate of drug-likeness (QED) is 0.920. The van der Waals surface area contributed by atoms with Crippen LogP contribution in [0.4, 0.5) is 5.69 Å². The summed E-state index contributed by atoms with van der Waals surface area (Å²) >= 11 is 3.51. The first kappa shape index (κ1) is 14.1. The Bertz CT molecular complexity index is 727. The van der Waals surface area contributed by atoms with Crippen molar-refractivity contribution in [1.29, 1.82) is 0 Å². The molecule has 0 fully saturated rings. The molecule has 6 heteroatoms. The van der Waals surface area contributed by atoms with Gasteiger partial charge < -0.3 is 10.1 Å². The van der Waals surface area contributed by atoms with E-state index in [0.717, 1.165) is 34.4 Å². The largest absolute Gasteiger partial charge is 0.493 e. The second kappa shape index (κ2) is 5.89. The maximum absolute atomic E-state index is 12.1. The molecule has 5 nitrogen and oxygen atoms in total. The molecule has 1 N–H and O–H groups in total.